The van der Waals surface area contributed by atoms with E-state index in [1.54, 1.807) is 6.20 Å². The Bertz CT molecular complexity index is 741. The van der Waals surface area contributed by atoms with Gasteiger partial charge in [-0.25, -0.2) is 4.98 Å². The van der Waals surface area contributed by atoms with E-state index in [1.807, 2.05) is 6.07 Å². The average Bonchev–Trinajstić information content (AvgIpc) is 3.25. The molecule has 2 aromatic heterocycles. The van der Waals surface area contributed by atoms with Gasteiger partial charge in [-0.15, -0.1) is 5.10 Å². The van der Waals surface area contributed by atoms with Gasteiger partial charge >= 0.3 is 0 Å². The highest BCUT2D eigenvalue weighted by Gasteiger charge is 2.27. The smallest absolute Gasteiger partial charge is 0.241 e. The summed E-state index contributed by atoms with van der Waals surface area (Å²) in [6, 6.07) is 2.79. The fourth-order valence-electron chi connectivity index (χ4n) is 4.08. The normalized spacial score (nSPS) is 19.6. The maximum Gasteiger partial charge on any atom is 0.241 e. The number of hydrogen-bond acceptors (Lipinski definition) is 7. The van der Waals surface area contributed by atoms with Crippen LogP contribution < -0.4 is 16.4 Å². The van der Waals surface area contributed by atoms with Crippen LogP contribution in [-0.2, 0) is 0 Å². The molecule has 0 atom stereocenters. The zero-order valence-electron chi connectivity index (χ0n) is 14.7. The lowest BCUT2D eigenvalue weighted by Gasteiger charge is -2.37. The molecule has 4 rings (SSSR count). The van der Waals surface area contributed by atoms with Crippen LogP contribution >= 0.6 is 0 Å². The molecule has 0 aromatic carbocycles. The van der Waals surface area contributed by atoms with Gasteiger partial charge in [-0.3, -0.25) is 0 Å². The molecule has 0 amide bonds. The van der Waals surface area contributed by atoms with Gasteiger partial charge in [-0.2, -0.15) is 9.67 Å². The first-order valence-corrected chi connectivity index (χ1v) is 9.06. The van der Waals surface area contributed by atoms with E-state index in [-0.39, 0.29) is 11.9 Å². The Hall–Kier alpha value is -2.35. The third-order valence-corrected chi connectivity index (χ3v) is 5.35. The van der Waals surface area contributed by atoms with Gasteiger partial charge in [0.15, 0.2) is 0 Å². The number of aromatic nitrogens is 4. The van der Waals surface area contributed by atoms with Crippen LogP contribution in [0, 0.1) is 6.92 Å². The summed E-state index contributed by atoms with van der Waals surface area (Å²) >= 11 is 0. The Morgan fingerprint density at radius 1 is 1.08 bits per heavy atom. The molecule has 2 fully saturated rings. The van der Waals surface area contributed by atoms with E-state index in [1.165, 1.54) is 43.5 Å². The number of pyridine rings is 1. The van der Waals surface area contributed by atoms with Crippen molar-refractivity contribution in [2.45, 2.75) is 38.6 Å². The minimum atomic E-state index is 0.170. The van der Waals surface area contributed by atoms with E-state index in [9.17, 15) is 0 Å². The molecule has 0 saturated carbocycles. The molecule has 0 radical (unpaired) electrons. The molecule has 4 N–H and O–H groups in total. The molecule has 0 unspecified atom stereocenters. The Morgan fingerprint density at radius 3 is 2.40 bits per heavy atom. The second kappa shape index (κ2) is 6.51. The maximum absolute atomic E-state index is 5.85. The fourth-order valence-corrected chi connectivity index (χ4v) is 4.08. The zero-order chi connectivity index (χ0) is 17.4. The molecule has 2 aromatic rings. The summed E-state index contributed by atoms with van der Waals surface area (Å²) in [6.45, 7) is 6.76. The van der Waals surface area contributed by atoms with Crippen molar-refractivity contribution in [2.24, 2.45) is 0 Å². The second-order valence-corrected chi connectivity index (χ2v) is 7.04. The number of nitrogens with two attached hydrogens (primary N) is 2. The number of nitrogens with zero attached hydrogens (tertiary/aromatic N) is 6. The zero-order valence-corrected chi connectivity index (χ0v) is 14.7. The number of piperidine rings is 1. The Kier molecular flexibility index (Phi) is 4.20. The molecular weight excluding hydrogens is 316 g/mol. The monoisotopic (exact) mass is 342 g/mol. The Labute approximate surface area is 147 Å². The average molecular weight is 342 g/mol. The quantitative estimate of drug-likeness (QED) is 0.864. The number of nitrogen functional groups attached to an aromatic ring is 2. The van der Waals surface area contributed by atoms with Crippen molar-refractivity contribution in [1.82, 2.24) is 24.6 Å². The van der Waals surface area contributed by atoms with Crippen LogP contribution in [0.1, 0.15) is 31.2 Å². The SMILES string of the molecule is Cc1cc(-n2nc(N)nc2N)cnc1N1CCC(N2CCCC2)CC1. The van der Waals surface area contributed by atoms with Crippen LogP contribution in [0.25, 0.3) is 5.69 Å². The Morgan fingerprint density at radius 2 is 1.80 bits per heavy atom. The summed E-state index contributed by atoms with van der Waals surface area (Å²) in [6.07, 6.45) is 6.95. The summed E-state index contributed by atoms with van der Waals surface area (Å²) in [4.78, 5) is 13.7. The summed E-state index contributed by atoms with van der Waals surface area (Å²) in [7, 11) is 0. The molecule has 2 aliphatic rings. The van der Waals surface area contributed by atoms with E-state index in [0.717, 1.165) is 36.2 Å². The minimum Gasteiger partial charge on any atom is -0.368 e. The van der Waals surface area contributed by atoms with Crippen LogP contribution in [0.2, 0.25) is 0 Å². The van der Waals surface area contributed by atoms with Crippen molar-refractivity contribution >= 4 is 17.7 Å². The minimum absolute atomic E-state index is 0.170. The van der Waals surface area contributed by atoms with Crippen molar-refractivity contribution in [2.75, 3.05) is 42.5 Å². The number of rotatable bonds is 3. The predicted octanol–water partition coefficient (Wildman–Crippen LogP) is 1.20. The maximum atomic E-state index is 5.85. The number of anilines is 3. The first-order valence-electron chi connectivity index (χ1n) is 9.06. The number of aryl methyl sites for hydroxylation is 1. The van der Waals surface area contributed by atoms with Crippen LogP contribution in [0.15, 0.2) is 12.3 Å². The standard InChI is InChI=1S/C17H26N8/c1-12-10-14(25-17(19)21-16(18)22-25)11-20-15(12)24-8-4-13(5-9-24)23-6-2-3-7-23/h10-11,13H,2-9H2,1H3,(H4,18,19,21,22). The van der Waals surface area contributed by atoms with Gasteiger partial charge in [0.25, 0.3) is 0 Å². The summed E-state index contributed by atoms with van der Waals surface area (Å²) in [5, 5.41) is 4.12. The van der Waals surface area contributed by atoms with E-state index in [0.29, 0.717) is 0 Å². The molecule has 2 saturated heterocycles. The van der Waals surface area contributed by atoms with Crippen molar-refractivity contribution in [3.63, 3.8) is 0 Å². The van der Waals surface area contributed by atoms with Gasteiger partial charge < -0.3 is 21.3 Å². The molecular formula is C17H26N8. The van der Waals surface area contributed by atoms with Crippen molar-refractivity contribution in [3.05, 3.63) is 17.8 Å². The molecule has 0 bridgehead atoms. The highest BCUT2D eigenvalue weighted by atomic mass is 15.4. The first kappa shape index (κ1) is 16.1. The molecule has 8 heteroatoms. The van der Waals surface area contributed by atoms with Crippen LogP contribution in [0.5, 0.6) is 0 Å². The van der Waals surface area contributed by atoms with E-state index in [4.69, 9.17) is 11.5 Å². The van der Waals surface area contributed by atoms with E-state index >= 15 is 0 Å². The van der Waals surface area contributed by atoms with E-state index in [2.05, 4.69) is 31.8 Å². The fraction of sp³-hybridized carbons (Fsp3) is 0.588. The van der Waals surface area contributed by atoms with Crippen LogP contribution in [0.3, 0.4) is 0 Å². The molecule has 25 heavy (non-hydrogen) atoms. The topological polar surface area (TPSA) is 102 Å². The van der Waals surface area contributed by atoms with Gasteiger partial charge in [-0.05, 0) is 57.3 Å². The van der Waals surface area contributed by atoms with Gasteiger partial charge in [0.1, 0.15) is 5.82 Å². The van der Waals surface area contributed by atoms with Gasteiger partial charge in [0, 0.05) is 19.1 Å². The lowest BCUT2D eigenvalue weighted by atomic mass is 10.0. The molecule has 2 aliphatic heterocycles. The van der Waals surface area contributed by atoms with Gasteiger partial charge in [0.05, 0.1) is 11.9 Å². The second-order valence-electron chi connectivity index (χ2n) is 7.04. The molecule has 4 heterocycles. The first-order chi connectivity index (χ1) is 12.1. The van der Waals surface area contributed by atoms with Crippen molar-refractivity contribution in [1.29, 1.82) is 0 Å². The molecule has 8 nitrogen and oxygen atoms in total. The number of likely N-dealkylation sites (tertiary alicyclic amines) is 1. The molecule has 0 aliphatic carbocycles. The predicted molar refractivity (Wildman–Crippen MR) is 98.8 cm³/mol. The molecule has 0 spiro atoms. The third-order valence-electron chi connectivity index (χ3n) is 5.35. The van der Waals surface area contributed by atoms with Gasteiger partial charge in [-0.1, -0.05) is 0 Å². The van der Waals surface area contributed by atoms with E-state index < -0.39 is 0 Å². The van der Waals surface area contributed by atoms with Crippen LogP contribution in [-0.4, -0.2) is 56.9 Å². The summed E-state index contributed by atoms with van der Waals surface area (Å²) < 4.78 is 1.53. The van der Waals surface area contributed by atoms with Crippen LogP contribution in [0.4, 0.5) is 17.7 Å². The lowest BCUT2D eigenvalue weighted by molar-refractivity contribution is 0.207. The summed E-state index contributed by atoms with van der Waals surface area (Å²) in [5.74, 6) is 1.50. The van der Waals surface area contributed by atoms with Gasteiger partial charge in [0.2, 0.25) is 11.9 Å². The largest absolute Gasteiger partial charge is 0.368 e. The van der Waals surface area contributed by atoms with Crippen molar-refractivity contribution in [3.8, 4) is 5.69 Å². The molecule has 134 valence electrons. The lowest BCUT2D eigenvalue weighted by Crippen LogP contribution is -2.44. The Balaban J connectivity index is 1.47. The highest BCUT2D eigenvalue weighted by molar-refractivity contribution is 5.52. The number of hydrogen-bond donors (Lipinski definition) is 2. The highest BCUT2D eigenvalue weighted by Crippen LogP contribution is 2.27. The van der Waals surface area contributed by atoms with Crippen molar-refractivity contribution < 1.29 is 0 Å². The third kappa shape index (κ3) is 3.13. The summed E-state index contributed by atoms with van der Waals surface area (Å²) in [5.41, 5.74) is 13.4.